The third-order valence-electron chi connectivity index (χ3n) is 2.47. The summed E-state index contributed by atoms with van der Waals surface area (Å²) in [5.41, 5.74) is 6.78. The van der Waals surface area contributed by atoms with E-state index in [0.717, 1.165) is 0 Å². The Bertz CT molecular complexity index is 608. The molecule has 0 atom stereocenters. The molecular weight excluding hydrogens is 262 g/mol. The smallest absolute Gasteiger partial charge is 0.324 e. The molecule has 0 aliphatic carbocycles. The Morgan fingerprint density at radius 2 is 2.00 bits per heavy atom. The molecule has 19 heavy (non-hydrogen) atoms. The number of hydrogen-bond donors (Lipinski definition) is 3. The van der Waals surface area contributed by atoms with Crippen LogP contribution in [-0.2, 0) is 7.05 Å². The Kier molecular flexibility index (Phi) is 3.76. The first kappa shape index (κ1) is 13.0. The fourth-order valence-electron chi connectivity index (χ4n) is 1.56. The van der Waals surface area contributed by atoms with Crippen LogP contribution in [0.15, 0.2) is 36.5 Å². The minimum atomic E-state index is -0.382. The molecule has 2 rings (SSSR count). The molecule has 0 radical (unpaired) electrons. The molecule has 1 heterocycles. The van der Waals surface area contributed by atoms with Gasteiger partial charge in [0.15, 0.2) is 0 Å². The highest BCUT2D eigenvalue weighted by atomic mass is 32.1. The number of urea groups is 1. The highest BCUT2D eigenvalue weighted by Gasteiger charge is 2.13. The van der Waals surface area contributed by atoms with E-state index in [9.17, 15) is 4.79 Å². The second-order valence-corrected chi connectivity index (χ2v) is 4.28. The lowest BCUT2D eigenvalue weighted by molar-refractivity contribution is 0.262. The summed E-state index contributed by atoms with van der Waals surface area (Å²) in [7, 11) is 1.69. The monoisotopic (exact) mass is 275 g/mol. The van der Waals surface area contributed by atoms with Crippen LogP contribution < -0.4 is 16.4 Å². The van der Waals surface area contributed by atoms with Crippen molar-refractivity contribution in [1.29, 1.82) is 0 Å². The lowest BCUT2D eigenvalue weighted by Crippen LogP contribution is -2.23. The second-order valence-electron chi connectivity index (χ2n) is 3.84. The van der Waals surface area contributed by atoms with E-state index < -0.39 is 0 Å². The zero-order chi connectivity index (χ0) is 13.8. The van der Waals surface area contributed by atoms with Crippen molar-refractivity contribution < 1.29 is 4.79 Å². The highest BCUT2D eigenvalue weighted by molar-refractivity contribution is 7.80. The predicted octanol–water partition coefficient (Wildman–Crippen LogP) is 1.70. The van der Waals surface area contributed by atoms with E-state index in [-0.39, 0.29) is 11.0 Å². The van der Waals surface area contributed by atoms with Gasteiger partial charge in [-0.2, -0.15) is 5.10 Å². The summed E-state index contributed by atoms with van der Waals surface area (Å²) in [5, 5.41) is 9.37. The van der Waals surface area contributed by atoms with Gasteiger partial charge in [0.25, 0.3) is 0 Å². The topological polar surface area (TPSA) is 85.0 Å². The van der Waals surface area contributed by atoms with Gasteiger partial charge in [-0.3, -0.25) is 10.00 Å². The zero-order valence-electron chi connectivity index (χ0n) is 10.3. The number of nitrogens with one attached hydrogen (secondary N) is 2. The summed E-state index contributed by atoms with van der Waals surface area (Å²) in [6.45, 7) is 0. The van der Waals surface area contributed by atoms with Crippen molar-refractivity contribution in [3.8, 4) is 0 Å². The van der Waals surface area contributed by atoms with Gasteiger partial charge in [-0.25, -0.2) is 4.79 Å². The molecule has 0 saturated carbocycles. The first-order chi connectivity index (χ1) is 9.08. The van der Waals surface area contributed by atoms with Crippen LogP contribution in [-0.4, -0.2) is 20.8 Å². The molecule has 0 spiro atoms. The molecule has 2 aromatic rings. The minimum absolute atomic E-state index is 0.183. The number of anilines is 2. The van der Waals surface area contributed by atoms with Crippen molar-refractivity contribution in [1.82, 2.24) is 9.78 Å². The molecule has 0 aliphatic heterocycles. The van der Waals surface area contributed by atoms with Gasteiger partial charge in [0, 0.05) is 12.7 Å². The van der Waals surface area contributed by atoms with Gasteiger partial charge in [-0.1, -0.05) is 30.4 Å². The van der Waals surface area contributed by atoms with Gasteiger partial charge in [-0.15, -0.1) is 0 Å². The summed E-state index contributed by atoms with van der Waals surface area (Å²) >= 11 is 4.90. The van der Waals surface area contributed by atoms with E-state index in [1.54, 1.807) is 19.2 Å². The van der Waals surface area contributed by atoms with Gasteiger partial charge in [0.1, 0.15) is 10.8 Å². The van der Waals surface area contributed by atoms with Crippen molar-refractivity contribution >= 4 is 34.7 Å². The third kappa shape index (κ3) is 3.08. The van der Waals surface area contributed by atoms with Crippen LogP contribution in [0.25, 0.3) is 0 Å². The SMILES string of the molecule is Cn1ncc(C(N)=S)c1NC(=O)Nc1ccccc1. The molecule has 0 saturated heterocycles. The van der Waals surface area contributed by atoms with Crippen molar-refractivity contribution in [2.75, 3.05) is 10.6 Å². The van der Waals surface area contributed by atoms with Gasteiger partial charge in [-0.05, 0) is 12.1 Å². The lowest BCUT2D eigenvalue weighted by atomic mass is 10.3. The number of para-hydroxylation sites is 1. The van der Waals surface area contributed by atoms with Crippen LogP contribution in [0.2, 0.25) is 0 Å². The number of nitrogens with zero attached hydrogens (tertiary/aromatic N) is 2. The highest BCUT2D eigenvalue weighted by Crippen LogP contribution is 2.14. The summed E-state index contributed by atoms with van der Waals surface area (Å²) in [6, 6.07) is 8.73. The van der Waals surface area contributed by atoms with Gasteiger partial charge >= 0.3 is 6.03 Å². The van der Waals surface area contributed by atoms with Crippen LogP contribution in [0.1, 0.15) is 5.56 Å². The van der Waals surface area contributed by atoms with E-state index >= 15 is 0 Å². The average Bonchev–Trinajstić information content (AvgIpc) is 2.72. The molecule has 2 amide bonds. The summed E-state index contributed by atoms with van der Waals surface area (Å²) in [5.74, 6) is 0.459. The van der Waals surface area contributed by atoms with Crippen molar-refractivity contribution in [3.05, 3.63) is 42.1 Å². The van der Waals surface area contributed by atoms with Crippen LogP contribution in [0.5, 0.6) is 0 Å². The van der Waals surface area contributed by atoms with E-state index in [0.29, 0.717) is 17.1 Å². The number of amides is 2. The number of aryl methyl sites for hydroxylation is 1. The largest absolute Gasteiger partial charge is 0.389 e. The number of hydrogen-bond acceptors (Lipinski definition) is 3. The number of benzene rings is 1. The van der Waals surface area contributed by atoms with Gasteiger partial charge in [0.2, 0.25) is 0 Å². The lowest BCUT2D eigenvalue weighted by Gasteiger charge is -2.09. The van der Waals surface area contributed by atoms with Crippen molar-refractivity contribution in [3.63, 3.8) is 0 Å². The Morgan fingerprint density at radius 1 is 1.32 bits per heavy atom. The zero-order valence-corrected chi connectivity index (χ0v) is 11.1. The molecule has 1 aromatic carbocycles. The maximum atomic E-state index is 11.9. The summed E-state index contributed by atoms with van der Waals surface area (Å²) in [6.07, 6.45) is 1.51. The second kappa shape index (κ2) is 5.49. The fraction of sp³-hybridized carbons (Fsp3) is 0.0833. The minimum Gasteiger partial charge on any atom is -0.389 e. The molecule has 6 nitrogen and oxygen atoms in total. The van der Waals surface area contributed by atoms with Crippen LogP contribution in [0.3, 0.4) is 0 Å². The summed E-state index contributed by atoms with van der Waals surface area (Å²) in [4.78, 5) is 12.0. The third-order valence-corrected chi connectivity index (χ3v) is 2.69. The number of nitrogens with two attached hydrogens (primary N) is 1. The molecule has 0 unspecified atom stereocenters. The van der Waals surface area contributed by atoms with Crippen LogP contribution >= 0.6 is 12.2 Å². The van der Waals surface area contributed by atoms with E-state index in [1.807, 2.05) is 18.2 Å². The number of carbonyl (C=O) groups is 1. The number of aromatic nitrogens is 2. The van der Waals surface area contributed by atoms with E-state index in [1.165, 1.54) is 10.9 Å². The Labute approximate surface area is 115 Å². The Balaban J connectivity index is 2.11. The number of carbonyl (C=O) groups excluding carboxylic acids is 1. The van der Waals surface area contributed by atoms with Crippen molar-refractivity contribution in [2.24, 2.45) is 12.8 Å². The van der Waals surface area contributed by atoms with E-state index in [4.69, 9.17) is 18.0 Å². The molecule has 1 aromatic heterocycles. The predicted molar refractivity (Wildman–Crippen MR) is 78.2 cm³/mol. The van der Waals surface area contributed by atoms with E-state index in [2.05, 4.69) is 15.7 Å². The molecule has 0 bridgehead atoms. The standard InChI is InChI=1S/C12H13N5OS/c1-17-11(9(7-14-17)10(13)19)16-12(18)15-8-5-3-2-4-6-8/h2-7H,1H3,(H2,13,19)(H2,15,16,18). The maximum absolute atomic E-state index is 11.9. The normalized spacial score (nSPS) is 9.95. The average molecular weight is 275 g/mol. The molecule has 98 valence electrons. The molecule has 0 fully saturated rings. The number of rotatable bonds is 3. The molecule has 7 heteroatoms. The maximum Gasteiger partial charge on any atom is 0.324 e. The molecule has 0 aliphatic rings. The summed E-state index contributed by atoms with van der Waals surface area (Å²) < 4.78 is 1.50. The van der Waals surface area contributed by atoms with Crippen molar-refractivity contribution in [2.45, 2.75) is 0 Å². The first-order valence-corrected chi connectivity index (χ1v) is 5.93. The number of thiocarbonyl (C=S) groups is 1. The van der Waals surface area contributed by atoms with Crippen LogP contribution in [0, 0.1) is 0 Å². The van der Waals surface area contributed by atoms with Crippen LogP contribution in [0.4, 0.5) is 16.3 Å². The Hall–Kier alpha value is -2.41. The molecule has 4 N–H and O–H groups in total. The van der Waals surface area contributed by atoms with Gasteiger partial charge in [0.05, 0.1) is 11.8 Å². The molecular formula is C12H13N5OS. The Morgan fingerprint density at radius 3 is 2.63 bits per heavy atom. The fourth-order valence-corrected chi connectivity index (χ4v) is 1.71. The first-order valence-electron chi connectivity index (χ1n) is 5.53. The quantitative estimate of drug-likeness (QED) is 0.744. The van der Waals surface area contributed by atoms with Gasteiger partial charge < -0.3 is 11.1 Å².